The van der Waals surface area contributed by atoms with Gasteiger partial charge in [-0.1, -0.05) is 55.9 Å². The third-order valence-corrected chi connectivity index (χ3v) is 4.66. The summed E-state index contributed by atoms with van der Waals surface area (Å²) in [6, 6.07) is 0. The van der Waals surface area contributed by atoms with Gasteiger partial charge >= 0.3 is 5.97 Å². The number of aliphatic carboxylic acids is 1. The quantitative estimate of drug-likeness (QED) is 0.610. The molecule has 126 valence electrons. The summed E-state index contributed by atoms with van der Waals surface area (Å²) < 4.78 is 0. The van der Waals surface area contributed by atoms with E-state index in [9.17, 15) is 9.90 Å². The van der Waals surface area contributed by atoms with Crippen LogP contribution in [0.4, 0.5) is 0 Å². The molecular formula is C20H34O2. The van der Waals surface area contributed by atoms with Crippen molar-refractivity contribution in [2.75, 3.05) is 0 Å². The molecule has 2 nitrogen and oxygen atoms in total. The lowest BCUT2D eigenvalue weighted by molar-refractivity contribution is -0.139. The van der Waals surface area contributed by atoms with E-state index in [0.29, 0.717) is 0 Å². The van der Waals surface area contributed by atoms with E-state index in [0.717, 1.165) is 24.8 Å². The van der Waals surface area contributed by atoms with E-state index in [1.54, 1.807) is 0 Å². The van der Waals surface area contributed by atoms with Crippen LogP contribution in [0.25, 0.3) is 0 Å². The fraction of sp³-hybridized carbons (Fsp3) is 0.750. The van der Waals surface area contributed by atoms with Gasteiger partial charge in [-0.05, 0) is 58.3 Å². The van der Waals surface area contributed by atoms with Crippen LogP contribution >= 0.6 is 0 Å². The minimum Gasteiger partial charge on any atom is -0.481 e. The van der Waals surface area contributed by atoms with Crippen LogP contribution < -0.4 is 0 Å². The van der Waals surface area contributed by atoms with E-state index >= 15 is 0 Å². The molecule has 1 N–H and O–H groups in total. The summed E-state index contributed by atoms with van der Waals surface area (Å²) in [5.41, 5.74) is 1.15. The molecule has 0 saturated heterocycles. The van der Waals surface area contributed by atoms with Gasteiger partial charge in [-0.15, -0.1) is 0 Å². The van der Waals surface area contributed by atoms with Crippen molar-refractivity contribution in [3.05, 3.63) is 23.8 Å². The van der Waals surface area contributed by atoms with Gasteiger partial charge in [-0.3, -0.25) is 4.79 Å². The second-order valence-electron chi connectivity index (χ2n) is 6.61. The maximum Gasteiger partial charge on any atom is 0.310 e. The number of carbonyl (C=O) groups is 1. The van der Waals surface area contributed by atoms with E-state index in [-0.39, 0.29) is 5.92 Å². The van der Waals surface area contributed by atoms with Crippen LogP contribution in [0.2, 0.25) is 0 Å². The zero-order valence-corrected chi connectivity index (χ0v) is 14.4. The van der Waals surface area contributed by atoms with Crippen molar-refractivity contribution in [1.82, 2.24) is 0 Å². The van der Waals surface area contributed by atoms with Gasteiger partial charge in [0.15, 0.2) is 0 Å². The lowest BCUT2D eigenvalue weighted by atomic mass is 9.93. The van der Waals surface area contributed by atoms with Gasteiger partial charge in [-0.2, -0.15) is 0 Å². The molecule has 1 aliphatic carbocycles. The highest BCUT2D eigenvalue weighted by Crippen LogP contribution is 2.21. The molecule has 0 aliphatic heterocycles. The third kappa shape index (κ3) is 9.07. The average molecular weight is 306 g/mol. The van der Waals surface area contributed by atoms with Crippen LogP contribution in [-0.2, 0) is 4.79 Å². The van der Waals surface area contributed by atoms with Crippen molar-refractivity contribution in [1.29, 1.82) is 0 Å². The van der Waals surface area contributed by atoms with Gasteiger partial charge in [0.05, 0.1) is 5.92 Å². The Labute approximate surface area is 136 Å². The van der Waals surface area contributed by atoms with Gasteiger partial charge in [0.25, 0.3) is 0 Å². The Morgan fingerprint density at radius 1 is 0.864 bits per heavy atom. The van der Waals surface area contributed by atoms with Gasteiger partial charge in [0.1, 0.15) is 0 Å². The molecule has 0 aromatic rings. The summed E-state index contributed by atoms with van der Waals surface area (Å²) in [5, 5.41) is 9.26. The monoisotopic (exact) mass is 306 g/mol. The Kier molecular flexibility index (Phi) is 10.8. The molecule has 0 bridgehead atoms. The van der Waals surface area contributed by atoms with Gasteiger partial charge in [-0.25, -0.2) is 0 Å². The molecule has 0 heterocycles. The first-order valence-electron chi connectivity index (χ1n) is 9.28. The smallest absolute Gasteiger partial charge is 0.310 e. The molecule has 0 radical (unpaired) electrons. The average Bonchev–Trinajstić information content (AvgIpc) is 2.51. The Bertz CT molecular complexity index is 355. The molecule has 1 unspecified atom stereocenters. The zero-order valence-electron chi connectivity index (χ0n) is 14.4. The lowest BCUT2D eigenvalue weighted by Crippen LogP contribution is -2.12. The van der Waals surface area contributed by atoms with Gasteiger partial charge in [0, 0.05) is 0 Å². The summed E-state index contributed by atoms with van der Waals surface area (Å²) in [6.07, 6.45) is 22.7. The van der Waals surface area contributed by atoms with E-state index in [2.05, 4.69) is 18.2 Å². The molecular weight excluding hydrogens is 272 g/mol. The molecule has 22 heavy (non-hydrogen) atoms. The fourth-order valence-electron chi connectivity index (χ4n) is 3.06. The topological polar surface area (TPSA) is 37.3 Å². The highest BCUT2D eigenvalue weighted by Gasteiger charge is 2.15. The van der Waals surface area contributed by atoms with Crippen LogP contribution in [0, 0.1) is 5.92 Å². The first-order chi connectivity index (χ1) is 10.7. The van der Waals surface area contributed by atoms with Crippen LogP contribution in [0.15, 0.2) is 23.8 Å². The van der Waals surface area contributed by atoms with Crippen molar-refractivity contribution >= 4 is 5.97 Å². The molecule has 0 aromatic carbocycles. The molecule has 0 fully saturated rings. The van der Waals surface area contributed by atoms with Crippen molar-refractivity contribution in [2.45, 2.75) is 90.4 Å². The number of carboxylic acids is 1. The highest BCUT2D eigenvalue weighted by atomic mass is 16.4. The first kappa shape index (κ1) is 19.0. The van der Waals surface area contributed by atoms with Gasteiger partial charge < -0.3 is 5.11 Å². The Balaban J connectivity index is 2.48. The summed E-state index contributed by atoms with van der Waals surface area (Å²) in [4.78, 5) is 11.2. The predicted octanol–water partition coefficient (Wildman–Crippen LogP) is 6.27. The molecule has 1 aliphatic rings. The standard InChI is InChI=1S/C20H34O2/c1-18(20(21)22)19-16-14-12-10-8-6-4-2-3-5-7-9-11-13-15-17-19/h2-3,16,18H,4-15,17H2,1H3,(H,21,22)/b3-2-,19-16+. The van der Waals surface area contributed by atoms with Crippen molar-refractivity contribution in [2.24, 2.45) is 5.92 Å². The number of hydrogen-bond donors (Lipinski definition) is 1. The molecule has 2 heteroatoms. The maximum absolute atomic E-state index is 11.2. The Morgan fingerprint density at radius 2 is 1.36 bits per heavy atom. The molecule has 0 saturated carbocycles. The number of rotatable bonds is 2. The maximum atomic E-state index is 11.2. The lowest BCUT2D eigenvalue weighted by Gasteiger charge is -2.12. The first-order valence-corrected chi connectivity index (χ1v) is 9.28. The van der Waals surface area contributed by atoms with Crippen molar-refractivity contribution < 1.29 is 9.90 Å². The van der Waals surface area contributed by atoms with Crippen molar-refractivity contribution in [3.63, 3.8) is 0 Å². The largest absolute Gasteiger partial charge is 0.481 e. The normalized spacial score (nSPS) is 25.4. The molecule has 1 atom stereocenters. The molecule has 0 spiro atoms. The second-order valence-corrected chi connectivity index (χ2v) is 6.61. The predicted molar refractivity (Wildman–Crippen MR) is 94.0 cm³/mol. The molecule has 0 amide bonds. The zero-order chi connectivity index (χ0) is 16.0. The third-order valence-electron chi connectivity index (χ3n) is 4.66. The number of carboxylic acid groups (broad SMARTS) is 1. The van der Waals surface area contributed by atoms with Crippen LogP contribution in [0.1, 0.15) is 90.4 Å². The minimum atomic E-state index is -0.678. The summed E-state index contributed by atoms with van der Waals surface area (Å²) in [6.45, 7) is 1.84. The highest BCUT2D eigenvalue weighted by molar-refractivity contribution is 5.73. The van der Waals surface area contributed by atoms with E-state index in [4.69, 9.17) is 0 Å². The van der Waals surface area contributed by atoms with Crippen molar-refractivity contribution in [3.8, 4) is 0 Å². The Morgan fingerprint density at radius 3 is 1.95 bits per heavy atom. The van der Waals surface area contributed by atoms with Crippen LogP contribution in [-0.4, -0.2) is 11.1 Å². The van der Waals surface area contributed by atoms with E-state index in [1.165, 1.54) is 64.2 Å². The number of hydrogen-bond acceptors (Lipinski definition) is 1. The van der Waals surface area contributed by atoms with E-state index < -0.39 is 5.97 Å². The number of allylic oxidation sites excluding steroid dienone is 3. The van der Waals surface area contributed by atoms with E-state index in [1.807, 2.05) is 6.92 Å². The summed E-state index contributed by atoms with van der Waals surface area (Å²) in [7, 11) is 0. The minimum absolute atomic E-state index is 0.314. The van der Waals surface area contributed by atoms with Crippen LogP contribution in [0.3, 0.4) is 0 Å². The summed E-state index contributed by atoms with van der Waals surface area (Å²) >= 11 is 0. The van der Waals surface area contributed by atoms with Crippen LogP contribution in [0.5, 0.6) is 0 Å². The summed E-state index contributed by atoms with van der Waals surface area (Å²) in [5.74, 6) is -0.991. The Hall–Kier alpha value is -1.05. The second kappa shape index (κ2) is 12.5. The molecule has 1 rings (SSSR count). The SMILES string of the molecule is CC(C(=O)O)/C1=C/CCCCCC/C=C\CCCCCCC1. The molecule has 0 aromatic heterocycles. The van der Waals surface area contributed by atoms with Gasteiger partial charge in [0.2, 0.25) is 0 Å². The fourth-order valence-corrected chi connectivity index (χ4v) is 3.06.